The summed E-state index contributed by atoms with van der Waals surface area (Å²) >= 11 is 0. The van der Waals surface area contributed by atoms with Crippen LogP contribution < -0.4 is 15.0 Å². The van der Waals surface area contributed by atoms with Gasteiger partial charge in [-0.05, 0) is 25.1 Å². The molecule has 10 nitrogen and oxygen atoms in total. The monoisotopic (exact) mass is 427 g/mol. The molecule has 1 fully saturated rings. The Morgan fingerprint density at radius 2 is 1.94 bits per heavy atom. The summed E-state index contributed by atoms with van der Waals surface area (Å²) in [5.74, 6) is -2.13. The molecule has 0 aromatic heterocycles. The Hall–Kier alpha value is -3.95. The molecule has 1 heterocycles. The standard InChI is InChI=1S/C21H21N3O7/c1-13-3-5-15(6-4-13)22-19(25)12-31-21(27)14-9-20(26)23(11-14)17-8-7-16(24(28)29)10-18(17)30-2/h3-8,10,14H,9,11-12H2,1-2H3,(H,22,25)/t14-/m1/s1. The van der Waals surface area contributed by atoms with E-state index in [9.17, 15) is 24.5 Å². The smallest absolute Gasteiger partial charge is 0.311 e. The maximum Gasteiger partial charge on any atom is 0.311 e. The van der Waals surface area contributed by atoms with Gasteiger partial charge in [0.15, 0.2) is 6.61 Å². The van der Waals surface area contributed by atoms with Crippen LogP contribution >= 0.6 is 0 Å². The lowest BCUT2D eigenvalue weighted by molar-refractivity contribution is -0.384. The van der Waals surface area contributed by atoms with Crippen molar-refractivity contribution in [2.24, 2.45) is 5.92 Å². The van der Waals surface area contributed by atoms with E-state index in [-0.39, 0.29) is 30.3 Å². The number of carbonyl (C=O) groups excluding carboxylic acids is 3. The Labute approximate surface area is 177 Å². The zero-order valence-corrected chi connectivity index (χ0v) is 17.0. The number of non-ortho nitro benzene ring substituents is 1. The molecule has 162 valence electrons. The molecule has 0 unspecified atom stereocenters. The molecule has 1 saturated heterocycles. The highest BCUT2D eigenvalue weighted by Gasteiger charge is 2.37. The molecule has 1 atom stereocenters. The first kappa shape index (κ1) is 21.8. The molecule has 1 aliphatic heterocycles. The number of ether oxygens (including phenoxy) is 2. The normalized spacial score (nSPS) is 15.5. The van der Waals surface area contributed by atoms with Crippen LogP contribution in [-0.2, 0) is 19.1 Å². The van der Waals surface area contributed by atoms with E-state index in [4.69, 9.17) is 9.47 Å². The third-order valence-corrected chi connectivity index (χ3v) is 4.80. The van der Waals surface area contributed by atoms with Gasteiger partial charge in [0.1, 0.15) is 5.75 Å². The summed E-state index contributed by atoms with van der Waals surface area (Å²) in [4.78, 5) is 48.5. The zero-order valence-electron chi connectivity index (χ0n) is 17.0. The van der Waals surface area contributed by atoms with Gasteiger partial charge in [0.05, 0.1) is 29.7 Å². The minimum Gasteiger partial charge on any atom is -0.494 e. The van der Waals surface area contributed by atoms with Crippen molar-refractivity contribution in [3.05, 3.63) is 58.1 Å². The number of aryl methyl sites for hydroxylation is 1. The van der Waals surface area contributed by atoms with Crippen molar-refractivity contribution >= 4 is 34.8 Å². The van der Waals surface area contributed by atoms with Gasteiger partial charge in [-0.25, -0.2) is 0 Å². The van der Waals surface area contributed by atoms with E-state index in [0.717, 1.165) is 5.56 Å². The van der Waals surface area contributed by atoms with Gasteiger partial charge in [-0.1, -0.05) is 17.7 Å². The average molecular weight is 427 g/mol. The Kier molecular flexibility index (Phi) is 6.49. The number of rotatable bonds is 7. The highest BCUT2D eigenvalue weighted by molar-refractivity contribution is 6.01. The maximum atomic E-state index is 12.4. The first-order valence-corrected chi connectivity index (χ1v) is 9.44. The van der Waals surface area contributed by atoms with Crippen molar-refractivity contribution in [3.63, 3.8) is 0 Å². The average Bonchev–Trinajstić information content (AvgIpc) is 3.14. The van der Waals surface area contributed by atoms with E-state index in [0.29, 0.717) is 11.4 Å². The number of methoxy groups -OCH3 is 1. The topological polar surface area (TPSA) is 128 Å². The van der Waals surface area contributed by atoms with E-state index in [1.807, 2.05) is 19.1 Å². The number of nitrogens with zero attached hydrogens (tertiary/aromatic N) is 2. The number of nitrogens with one attached hydrogen (secondary N) is 1. The lowest BCUT2D eigenvalue weighted by atomic mass is 10.1. The summed E-state index contributed by atoms with van der Waals surface area (Å²) in [6, 6.07) is 11.0. The lowest BCUT2D eigenvalue weighted by Gasteiger charge is -2.19. The van der Waals surface area contributed by atoms with Crippen LogP contribution in [0.2, 0.25) is 0 Å². The molecular weight excluding hydrogens is 406 g/mol. The van der Waals surface area contributed by atoms with Crippen molar-refractivity contribution in [2.45, 2.75) is 13.3 Å². The molecule has 0 saturated carbocycles. The first-order chi connectivity index (χ1) is 14.8. The summed E-state index contributed by atoms with van der Waals surface area (Å²) in [6.45, 7) is 1.47. The molecule has 0 spiro atoms. The van der Waals surface area contributed by atoms with E-state index < -0.39 is 29.3 Å². The third kappa shape index (κ3) is 5.16. The Balaban J connectivity index is 1.59. The molecule has 1 aliphatic rings. The van der Waals surface area contributed by atoms with Crippen LogP contribution in [0.25, 0.3) is 0 Å². The molecule has 2 amide bonds. The highest BCUT2D eigenvalue weighted by Crippen LogP contribution is 2.35. The molecule has 1 N–H and O–H groups in total. The van der Waals surface area contributed by atoms with Crippen LogP contribution in [0.1, 0.15) is 12.0 Å². The number of hydrogen-bond acceptors (Lipinski definition) is 7. The van der Waals surface area contributed by atoms with Gasteiger partial charge in [-0.2, -0.15) is 0 Å². The number of nitro benzene ring substituents is 1. The second-order valence-corrected chi connectivity index (χ2v) is 7.04. The first-order valence-electron chi connectivity index (χ1n) is 9.44. The predicted octanol–water partition coefficient (Wildman–Crippen LogP) is 2.45. The van der Waals surface area contributed by atoms with Gasteiger partial charge >= 0.3 is 5.97 Å². The third-order valence-electron chi connectivity index (χ3n) is 4.80. The van der Waals surface area contributed by atoms with Crippen molar-refractivity contribution in [2.75, 3.05) is 30.5 Å². The van der Waals surface area contributed by atoms with E-state index in [1.165, 1.54) is 30.2 Å². The van der Waals surface area contributed by atoms with Gasteiger partial charge in [-0.3, -0.25) is 24.5 Å². The van der Waals surface area contributed by atoms with E-state index >= 15 is 0 Å². The predicted molar refractivity (Wildman–Crippen MR) is 111 cm³/mol. The van der Waals surface area contributed by atoms with Gasteiger partial charge in [-0.15, -0.1) is 0 Å². The summed E-state index contributed by atoms with van der Waals surface area (Å²) in [5.41, 5.74) is 1.77. The number of nitro groups is 1. The zero-order chi connectivity index (χ0) is 22.5. The van der Waals surface area contributed by atoms with Gasteiger partial charge in [0.2, 0.25) is 5.91 Å². The van der Waals surface area contributed by atoms with Crippen molar-refractivity contribution < 1.29 is 28.8 Å². The number of benzene rings is 2. The van der Waals surface area contributed by atoms with Gasteiger partial charge < -0.3 is 19.7 Å². The fraction of sp³-hybridized carbons (Fsp3) is 0.286. The Morgan fingerprint density at radius 3 is 2.58 bits per heavy atom. The van der Waals surface area contributed by atoms with Gasteiger partial charge in [0.25, 0.3) is 11.6 Å². The largest absolute Gasteiger partial charge is 0.494 e. The SMILES string of the molecule is COc1cc([N+](=O)[O-])ccc1N1C[C@H](C(=O)OCC(=O)Nc2ccc(C)cc2)CC1=O. The van der Waals surface area contributed by atoms with Crippen LogP contribution in [0.3, 0.4) is 0 Å². The minimum atomic E-state index is -0.764. The molecule has 0 radical (unpaired) electrons. The molecule has 10 heteroatoms. The second kappa shape index (κ2) is 9.24. The molecule has 2 aromatic rings. The fourth-order valence-electron chi connectivity index (χ4n) is 3.19. The van der Waals surface area contributed by atoms with Crippen LogP contribution in [0.15, 0.2) is 42.5 Å². The Morgan fingerprint density at radius 1 is 1.23 bits per heavy atom. The second-order valence-electron chi connectivity index (χ2n) is 7.04. The number of carbonyl (C=O) groups is 3. The van der Waals surface area contributed by atoms with Gasteiger partial charge in [0, 0.05) is 24.7 Å². The lowest BCUT2D eigenvalue weighted by Crippen LogP contribution is -2.28. The minimum absolute atomic E-state index is 0.0193. The summed E-state index contributed by atoms with van der Waals surface area (Å²) in [5, 5.41) is 13.6. The molecule has 2 aromatic carbocycles. The van der Waals surface area contributed by atoms with Crippen molar-refractivity contribution in [3.8, 4) is 5.75 Å². The summed E-state index contributed by atoms with van der Waals surface area (Å²) in [7, 11) is 1.33. The molecule has 31 heavy (non-hydrogen) atoms. The molecule has 3 rings (SSSR count). The molecular formula is C21H21N3O7. The number of esters is 1. The molecule has 0 aliphatic carbocycles. The van der Waals surface area contributed by atoms with E-state index in [1.54, 1.807) is 12.1 Å². The van der Waals surface area contributed by atoms with Crippen LogP contribution in [0.4, 0.5) is 17.1 Å². The number of anilines is 2. The fourth-order valence-corrected chi connectivity index (χ4v) is 3.19. The van der Waals surface area contributed by atoms with Crippen molar-refractivity contribution in [1.29, 1.82) is 0 Å². The van der Waals surface area contributed by atoms with Crippen LogP contribution in [0, 0.1) is 23.0 Å². The number of amides is 2. The Bertz CT molecular complexity index is 1020. The molecule has 0 bridgehead atoms. The van der Waals surface area contributed by atoms with Crippen molar-refractivity contribution in [1.82, 2.24) is 0 Å². The van der Waals surface area contributed by atoms with Crippen LogP contribution in [-0.4, -0.2) is 43.0 Å². The maximum absolute atomic E-state index is 12.4. The number of hydrogen-bond donors (Lipinski definition) is 1. The highest BCUT2D eigenvalue weighted by atomic mass is 16.6. The van der Waals surface area contributed by atoms with Crippen LogP contribution in [0.5, 0.6) is 5.75 Å². The quantitative estimate of drug-likeness (QED) is 0.408. The van der Waals surface area contributed by atoms with E-state index in [2.05, 4.69) is 5.32 Å². The summed E-state index contributed by atoms with van der Waals surface area (Å²) in [6.07, 6.45) is -0.0987. The summed E-state index contributed by atoms with van der Waals surface area (Å²) < 4.78 is 10.2.